The zero-order chi connectivity index (χ0) is 19.4. The van der Waals surface area contributed by atoms with E-state index in [1.807, 2.05) is 0 Å². The molecule has 0 saturated heterocycles. The molecule has 3 rings (SSSR count). The van der Waals surface area contributed by atoms with E-state index in [4.69, 9.17) is 10.8 Å². The largest absolute Gasteiger partial charge is 0.480 e. The topological polar surface area (TPSA) is 176 Å². The Hall–Kier alpha value is -4.02. The van der Waals surface area contributed by atoms with Crippen molar-refractivity contribution < 1.29 is 14.7 Å². The first-order valence-electron chi connectivity index (χ1n) is 7.78. The second-order valence-electron chi connectivity index (χ2n) is 5.49. The summed E-state index contributed by atoms with van der Waals surface area (Å²) in [4.78, 5) is 48.6. The molecule has 11 heteroatoms. The van der Waals surface area contributed by atoms with Gasteiger partial charge in [-0.05, 0) is 24.3 Å². The average Bonchev–Trinajstić information content (AvgIpc) is 2.65. The molecule has 0 spiro atoms. The number of H-pyrrole nitrogens is 1. The van der Waals surface area contributed by atoms with Crippen molar-refractivity contribution in [3.8, 4) is 0 Å². The van der Waals surface area contributed by atoms with Crippen LogP contribution in [-0.4, -0.2) is 43.5 Å². The highest BCUT2D eigenvalue weighted by Gasteiger charge is 2.08. The molecular weight excluding hydrogens is 354 g/mol. The fourth-order valence-corrected chi connectivity index (χ4v) is 2.25. The Morgan fingerprint density at radius 3 is 2.63 bits per heavy atom. The zero-order valence-corrected chi connectivity index (χ0v) is 13.9. The third-order valence-corrected chi connectivity index (χ3v) is 3.51. The van der Waals surface area contributed by atoms with Crippen LogP contribution >= 0.6 is 0 Å². The summed E-state index contributed by atoms with van der Waals surface area (Å²) in [6, 6.07) is 6.45. The van der Waals surface area contributed by atoms with Crippen LogP contribution in [0.1, 0.15) is 16.1 Å². The van der Waals surface area contributed by atoms with E-state index >= 15 is 0 Å². The van der Waals surface area contributed by atoms with Crippen molar-refractivity contribution in [2.75, 3.05) is 17.6 Å². The molecule has 0 atom stereocenters. The van der Waals surface area contributed by atoms with Crippen molar-refractivity contribution in [1.82, 2.24) is 25.3 Å². The van der Waals surface area contributed by atoms with Crippen molar-refractivity contribution in [3.05, 3.63) is 52.1 Å². The van der Waals surface area contributed by atoms with E-state index in [9.17, 15) is 14.4 Å². The monoisotopic (exact) mass is 369 g/mol. The van der Waals surface area contributed by atoms with Crippen LogP contribution in [-0.2, 0) is 11.3 Å². The summed E-state index contributed by atoms with van der Waals surface area (Å²) in [5.74, 6) is -1.62. The number of carbonyl (C=O) groups is 2. The SMILES string of the molecule is Nc1nc2ncc(CNc3ccc(C(=O)NCC(=O)O)cc3)nc2c(=O)[nH]1. The Kier molecular flexibility index (Phi) is 4.92. The number of aromatic nitrogens is 4. The van der Waals surface area contributed by atoms with Gasteiger partial charge in [0.15, 0.2) is 11.2 Å². The number of benzene rings is 1. The van der Waals surface area contributed by atoms with Gasteiger partial charge in [-0.3, -0.25) is 19.4 Å². The van der Waals surface area contributed by atoms with Gasteiger partial charge in [0.25, 0.3) is 11.5 Å². The van der Waals surface area contributed by atoms with Crippen LogP contribution in [0.2, 0.25) is 0 Å². The number of carboxylic acids is 1. The fraction of sp³-hybridized carbons (Fsp3) is 0.125. The number of carbonyl (C=O) groups excluding carboxylic acids is 1. The number of nitrogen functional groups attached to an aromatic ring is 1. The minimum Gasteiger partial charge on any atom is -0.480 e. The Morgan fingerprint density at radius 2 is 1.93 bits per heavy atom. The lowest BCUT2D eigenvalue weighted by Gasteiger charge is -2.08. The molecule has 138 valence electrons. The molecule has 3 aromatic rings. The fourth-order valence-electron chi connectivity index (χ4n) is 2.25. The number of carboxylic acid groups (broad SMARTS) is 1. The van der Waals surface area contributed by atoms with E-state index in [0.717, 1.165) is 0 Å². The van der Waals surface area contributed by atoms with Crippen LogP contribution in [0.5, 0.6) is 0 Å². The summed E-state index contributed by atoms with van der Waals surface area (Å²) in [5, 5.41) is 13.9. The summed E-state index contributed by atoms with van der Waals surface area (Å²) >= 11 is 0. The molecule has 0 bridgehead atoms. The van der Waals surface area contributed by atoms with Gasteiger partial charge in [0.2, 0.25) is 5.95 Å². The van der Waals surface area contributed by atoms with Gasteiger partial charge in [-0.25, -0.2) is 9.97 Å². The van der Waals surface area contributed by atoms with Gasteiger partial charge in [-0.15, -0.1) is 0 Å². The molecule has 11 nitrogen and oxygen atoms in total. The summed E-state index contributed by atoms with van der Waals surface area (Å²) in [7, 11) is 0. The maximum absolute atomic E-state index is 11.8. The number of hydrogen-bond donors (Lipinski definition) is 5. The lowest BCUT2D eigenvalue weighted by Crippen LogP contribution is -2.29. The maximum atomic E-state index is 11.8. The summed E-state index contributed by atoms with van der Waals surface area (Å²) in [6.45, 7) is -0.156. The molecule has 1 aromatic carbocycles. The number of aromatic amines is 1. The van der Waals surface area contributed by atoms with Gasteiger partial charge in [0.05, 0.1) is 18.4 Å². The number of anilines is 2. The third kappa shape index (κ3) is 4.34. The molecule has 0 saturated carbocycles. The van der Waals surface area contributed by atoms with E-state index in [-0.39, 0.29) is 23.7 Å². The van der Waals surface area contributed by atoms with Crippen molar-refractivity contribution in [1.29, 1.82) is 0 Å². The Morgan fingerprint density at radius 1 is 1.19 bits per heavy atom. The summed E-state index contributed by atoms with van der Waals surface area (Å²) in [5.41, 5.74) is 6.80. The zero-order valence-electron chi connectivity index (χ0n) is 13.9. The molecule has 0 aliphatic heterocycles. The Balaban J connectivity index is 1.66. The van der Waals surface area contributed by atoms with Crippen molar-refractivity contribution in [3.63, 3.8) is 0 Å². The Bertz CT molecular complexity index is 1060. The van der Waals surface area contributed by atoms with Crippen molar-refractivity contribution in [2.45, 2.75) is 6.54 Å². The number of amides is 1. The predicted octanol–water partition coefficient (Wildman–Crippen LogP) is -0.278. The lowest BCUT2D eigenvalue weighted by molar-refractivity contribution is -0.135. The number of rotatable bonds is 6. The van der Waals surface area contributed by atoms with Gasteiger partial charge in [-0.1, -0.05) is 0 Å². The molecule has 0 radical (unpaired) electrons. The number of nitrogens with one attached hydrogen (secondary N) is 3. The molecule has 0 unspecified atom stereocenters. The molecule has 2 aromatic heterocycles. The van der Waals surface area contributed by atoms with Crippen molar-refractivity contribution in [2.24, 2.45) is 0 Å². The summed E-state index contributed by atoms with van der Waals surface area (Å²) in [6.07, 6.45) is 1.48. The predicted molar refractivity (Wildman–Crippen MR) is 96.1 cm³/mol. The van der Waals surface area contributed by atoms with E-state index in [1.54, 1.807) is 24.3 Å². The molecule has 27 heavy (non-hydrogen) atoms. The highest BCUT2D eigenvalue weighted by molar-refractivity contribution is 5.96. The maximum Gasteiger partial charge on any atom is 0.322 e. The molecule has 1 amide bonds. The van der Waals surface area contributed by atoms with Crippen LogP contribution in [0.3, 0.4) is 0 Å². The second-order valence-corrected chi connectivity index (χ2v) is 5.49. The minimum absolute atomic E-state index is 0.0276. The van der Waals surface area contributed by atoms with Gasteiger partial charge in [0.1, 0.15) is 6.54 Å². The molecule has 6 N–H and O–H groups in total. The number of nitrogens with zero attached hydrogens (tertiary/aromatic N) is 3. The number of aliphatic carboxylic acids is 1. The third-order valence-electron chi connectivity index (χ3n) is 3.51. The highest BCUT2D eigenvalue weighted by Crippen LogP contribution is 2.11. The highest BCUT2D eigenvalue weighted by atomic mass is 16.4. The average molecular weight is 369 g/mol. The number of nitrogens with two attached hydrogens (primary N) is 1. The van der Waals surface area contributed by atoms with Crippen LogP contribution in [0.25, 0.3) is 11.2 Å². The van der Waals surface area contributed by atoms with E-state index in [0.29, 0.717) is 16.9 Å². The van der Waals surface area contributed by atoms with Gasteiger partial charge in [0, 0.05) is 11.3 Å². The summed E-state index contributed by atoms with van der Waals surface area (Å²) < 4.78 is 0. The van der Waals surface area contributed by atoms with E-state index in [2.05, 4.69) is 30.6 Å². The Labute approximate surface area is 151 Å². The standard InChI is InChI=1S/C16H15N7O4/c17-16-22-13-12(15(27)23-16)21-10(6-19-13)5-18-9-3-1-8(2-4-9)14(26)20-7-11(24)25/h1-4,6,18H,5,7H2,(H,20,26)(H,24,25)(H3,17,19,22,23,27). The van der Waals surface area contributed by atoms with E-state index in [1.165, 1.54) is 6.20 Å². The first-order chi connectivity index (χ1) is 12.9. The lowest BCUT2D eigenvalue weighted by atomic mass is 10.2. The molecule has 0 aliphatic carbocycles. The van der Waals surface area contributed by atoms with Crippen LogP contribution in [0.4, 0.5) is 11.6 Å². The number of hydrogen-bond acceptors (Lipinski definition) is 8. The molecular formula is C16H15N7O4. The normalized spacial score (nSPS) is 10.5. The number of fused-ring (bicyclic) bond motifs is 1. The van der Waals surface area contributed by atoms with Gasteiger partial charge in [-0.2, -0.15) is 4.98 Å². The van der Waals surface area contributed by atoms with Crippen LogP contribution in [0.15, 0.2) is 35.3 Å². The molecule has 0 fully saturated rings. The van der Waals surface area contributed by atoms with Crippen LogP contribution < -0.4 is 21.9 Å². The first kappa shape index (κ1) is 17.8. The van der Waals surface area contributed by atoms with Crippen LogP contribution in [0, 0.1) is 0 Å². The van der Waals surface area contributed by atoms with Gasteiger partial charge >= 0.3 is 5.97 Å². The molecule has 0 aliphatic rings. The van der Waals surface area contributed by atoms with Gasteiger partial charge < -0.3 is 21.5 Å². The van der Waals surface area contributed by atoms with E-state index < -0.39 is 24.0 Å². The molecule has 2 heterocycles. The first-order valence-corrected chi connectivity index (χ1v) is 7.78. The minimum atomic E-state index is -1.12. The second kappa shape index (κ2) is 7.47. The quantitative estimate of drug-likeness (QED) is 0.391. The van der Waals surface area contributed by atoms with Crippen molar-refractivity contribution >= 4 is 34.7 Å². The smallest absolute Gasteiger partial charge is 0.322 e.